The van der Waals surface area contributed by atoms with E-state index in [4.69, 9.17) is 0 Å². The number of rotatable bonds is 5. The molecule has 0 saturated heterocycles. The van der Waals surface area contributed by atoms with E-state index in [1.165, 1.54) is 12.8 Å². The summed E-state index contributed by atoms with van der Waals surface area (Å²) in [5.41, 5.74) is 0.865. The molecule has 1 aliphatic carbocycles. The summed E-state index contributed by atoms with van der Waals surface area (Å²) in [5, 5.41) is 13.0. The average Bonchev–Trinajstić information content (AvgIpc) is 2.91. The lowest BCUT2D eigenvalue weighted by molar-refractivity contribution is -0.145. The molecule has 1 aromatic rings. The number of hydrogen-bond donors (Lipinski definition) is 2. The maximum atomic E-state index is 11.8. The van der Waals surface area contributed by atoms with Crippen molar-refractivity contribution in [1.82, 2.24) is 5.32 Å². The number of anilines is 1. The van der Waals surface area contributed by atoms with Gasteiger partial charge in [0.05, 0.1) is 0 Å². The molecule has 20 heavy (non-hydrogen) atoms. The van der Waals surface area contributed by atoms with Gasteiger partial charge in [-0.25, -0.2) is 4.79 Å². The third-order valence-corrected chi connectivity index (χ3v) is 4.24. The molecule has 0 bridgehead atoms. The van der Waals surface area contributed by atoms with Crippen molar-refractivity contribution in [3.8, 4) is 0 Å². The van der Waals surface area contributed by atoms with Crippen molar-refractivity contribution in [1.29, 1.82) is 0 Å². The number of aliphatic carboxylic acids is 1. The van der Waals surface area contributed by atoms with Crippen molar-refractivity contribution in [2.75, 3.05) is 19.0 Å². The van der Waals surface area contributed by atoms with Crippen LogP contribution in [0, 0.1) is 0 Å². The zero-order valence-corrected chi connectivity index (χ0v) is 12.5. The molecular weight excluding hydrogens is 252 g/mol. The minimum Gasteiger partial charge on any atom is -0.480 e. The molecule has 0 aliphatic heterocycles. The summed E-state index contributed by atoms with van der Waals surface area (Å²) in [6.07, 6.45) is 4.51. The Bertz CT molecular complexity index is 464. The van der Waals surface area contributed by atoms with Crippen LogP contribution in [0.2, 0.25) is 0 Å². The fourth-order valence-corrected chi connectivity index (χ4v) is 2.84. The summed E-state index contributed by atoms with van der Waals surface area (Å²) in [6.45, 7) is 1.76. The molecule has 2 rings (SSSR count). The summed E-state index contributed by atoms with van der Waals surface area (Å²) >= 11 is 0. The van der Waals surface area contributed by atoms with Crippen molar-refractivity contribution >= 4 is 11.7 Å². The number of carbonyl (C=O) groups is 1. The molecule has 1 aliphatic rings. The Morgan fingerprint density at radius 3 is 2.25 bits per heavy atom. The van der Waals surface area contributed by atoms with E-state index in [1.807, 2.05) is 43.3 Å². The van der Waals surface area contributed by atoms with Gasteiger partial charge in [-0.2, -0.15) is 0 Å². The molecule has 0 heterocycles. The van der Waals surface area contributed by atoms with E-state index in [1.54, 1.807) is 6.92 Å². The summed E-state index contributed by atoms with van der Waals surface area (Å²) in [7, 11) is 3.95. The summed E-state index contributed by atoms with van der Waals surface area (Å²) in [6, 6.07) is 8.06. The average molecular weight is 276 g/mol. The predicted molar refractivity (Wildman–Crippen MR) is 81.1 cm³/mol. The zero-order valence-electron chi connectivity index (χ0n) is 12.5. The Morgan fingerprint density at radius 2 is 1.80 bits per heavy atom. The third-order valence-electron chi connectivity index (χ3n) is 4.24. The van der Waals surface area contributed by atoms with Crippen LogP contribution in [-0.4, -0.2) is 31.2 Å². The van der Waals surface area contributed by atoms with Gasteiger partial charge in [-0.3, -0.25) is 5.32 Å². The molecule has 4 nitrogen and oxygen atoms in total. The second-order valence-electron chi connectivity index (χ2n) is 6.00. The zero-order chi connectivity index (χ0) is 14.8. The van der Waals surface area contributed by atoms with Gasteiger partial charge >= 0.3 is 5.97 Å². The van der Waals surface area contributed by atoms with Gasteiger partial charge in [0.15, 0.2) is 0 Å². The van der Waals surface area contributed by atoms with Crippen LogP contribution in [0.1, 0.15) is 38.2 Å². The van der Waals surface area contributed by atoms with E-state index in [9.17, 15) is 9.90 Å². The Balaban J connectivity index is 2.24. The lowest BCUT2D eigenvalue weighted by Gasteiger charge is -2.30. The van der Waals surface area contributed by atoms with Crippen LogP contribution < -0.4 is 10.2 Å². The lowest BCUT2D eigenvalue weighted by Crippen LogP contribution is -2.50. The third kappa shape index (κ3) is 2.96. The van der Waals surface area contributed by atoms with Gasteiger partial charge in [0.2, 0.25) is 0 Å². The Morgan fingerprint density at radius 1 is 1.25 bits per heavy atom. The number of carboxylic acids is 1. The minimum absolute atomic E-state index is 0.310. The fourth-order valence-electron chi connectivity index (χ4n) is 2.84. The van der Waals surface area contributed by atoms with E-state index in [-0.39, 0.29) is 0 Å². The first kappa shape index (κ1) is 14.9. The first-order chi connectivity index (χ1) is 9.43. The van der Waals surface area contributed by atoms with Crippen molar-refractivity contribution < 1.29 is 9.90 Å². The van der Waals surface area contributed by atoms with Crippen LogP contribution >= 0.6 is 0 Å². The molecule has 0 spiro atoms. The molecule has 1 fully saturated rings. The molecular formula is C16H24N2O2. The smallest absolute Gasteiger partial charge is 0.328 e. The Hall–Kier alpha value is -1.55. The number of nitrogens with one attached hydrogen (secondary N) is 1. The van der Waals surface area contributed by atoms with Crippen LogP contribution in [0.3, 0.4) is 0 Å². The van der Waals surface area contributed by atoms with E-state index < -0.39 is 11.5 Å². The molecule has 110 valence electrons. The van der Waals surface area contributed by atoms with Crippen molar-refractivity contribution in [3.05, 3.63) is 29.8 Å². The summed E-state index contributed by atoms with van der Waals surface area (Å²) in [5.74, 6) is -0.818. The lowest BCUT2D eigenvalue weighted by atomic mass is 9.90. The first-order valence-corrected chi connectivity index (χ1v) is 7.22. The number of benzene rings is 1. The summed E-state index contributed by atoms with van der Waals surface area (Å²) in [4.78, 5) is 13.8. The van der Waals surface area contributed by atoms with Gasteiger partial charge in [-0.15, -0.1) is 0 Å². The second kappa shape index (κ2) is 5.83. The largest absolute Gasteiger partial charge is 0.480 e. The van der Waals surface area contributed by atoms with Crippen LogP contribution in [0.25, 0.3) is 0 Å². The topological polar surface area (TPSA) is 52.6 Å². The van der Waals surface area contributed by atoms with E-state index >= 15 is 0 Å². The normalized spacial score (nSPS) is 18.8. The van der Waals surface area contributed by atoms with Crippen LogP contribution in [-0.2, 0) is 10.3 Å². The predicted octanol–water partition coefficient (Wildman–Crippen LogP) is 2.58. The highest BCUT2D eigenvalue weighted by atomic mass is 16.4. The molecule has 1 unspecified atom stereocenters. The molecule has 1 atom stereocenters. The van der Waals surface area contributed by atoms with Gasteiger partial charge in [-0.1, -0.05) is 25.0 Å². The number of nitrogens with zero attached hydrogens (tertiary/aromatic N) is 1. The van der Waals surface area contributed by atoms with Gasteiger partial charge < -0.3 is 10.0 Å². The van der Waals surface area contributed by atoms with Gasteiger partial charge in [0, 0.05) is 25.8 Å². The molecule has 2 N–H and O–H groups in total. The molecule has 1 aromatic carbocycles. The molecule has 0 radical (unpaired) electrons. The van der Waals surface area contributed by atoms with Gasteiger partial charge in [-0.05, 0) is 37.5 Å². The van der Waals surface area contributed by atoms with Crippen molar-refractivity contribution in [2.45, 2.75) is 44.2 Å². The van der Waals surface area contributed by atoms with Gasteiger partial charge in [0.25, 0.3) is 0 Å². The number of carboxylic acid groups (broad SMARTS) is 1. The first-order valence-electron chi connectivity index (χ1n) is 7.22. The Kier molecular flexibility index (Phi) is 4.33. The molecule has 0 aromatic heterocycles. The minimum atomic E-state index is -1.01. The fraction of sp³-hybridized carbons (Fsp3) is 0.562. The SMILES string of the molecule is CN(C)c1ccc(C(C)(NC2CCCC2)C(=O)O)cc1. The Labute approximate surface area is 120 Å². The summed E-state index contributed by atoms with van der Waals surface area (Å²) < 4.78 is 0. The van der Waals surface area contributed by atoms with Crippen molar-refractivity contribution in [2.24, 2.45) is 0 Å². The molecule has 4 heteroatoms. The van der Waals surface area contributed by atoms with Crippen molar-refractivity contribution in [3.63, 3.8) is 0 Å². The van der Waals surface area contributed by atoms with Crippen LogP contribution in [0.5, 0.6) is 0 Å². The number of hydrogen-bond acceptors (Lipinski definition) is 3. The standard InChI is InChI=1S/C16H24N2O2/c1-16(15(19)20,17-13-6-4-5-7-13)12-8-10-14(11-9-12)18(2)3/h8-11,13,17H,4-7H2,1-3H3,(H,19,20). The highest BCUT2D eigenvalue weighted by Gasteiger charge is 2.37. The quantitative estimate of drug-likeness (QED) is 0.868. The monoisotopic (exact) mass is 276 g/mol. The van der Waals surface area contributed by atoms with E-state index in [0.29, 0.717) is 6.04 Å². The maximum absolute atomic E-state index is 11.8. The van der Waals surface area contributed by atoms with Crippen LogP contribution in [0.15, 0.2) is 24.3 Å². The molecule has 0 amide bonds. The second-order valence-corrected chi connectivity index (χ2v) is 6.00. The maximum Gasteiger partial charge on any atom is 0.328 e. The molecule has 1 saturated carbocycles. The highest BCUT2D eigenvalue weighted by molar-refractivity contribution is 5.80. The van der Waals surface area contributed by atoms with Gasteiger partial charge in [0.1, 0.15) is 5.54 Å². The van der Waals surface area contributed by atoms with E-state index in [2.05, 4.69) is 5.32 Å². The van der Waals surface area contributed by atoms with Crippen LogP contribution in [0.4, 0.5) is 5.69 Å². The van der Waals surface area contributed by atoms with E-state index in [0.717, 1.165) is 24.1 Å². The highest BCUT2D eigenvalue weighted by Crippen LogP contribution is 2.28.